The van der Waals surface area contributed by atoms with Gasteiger partial charge < -0.3 is 15.2 Å². The summed E-state index contributed by atoms with van der Waals surface area (Å²) < 4.78 is 5.24. The molecule has 1 saturated heterocycles. The molecule has 2 heterocycles. The van der Waals surface area contributed by atoms with Gasteiger partial charge in [-0.05, 0) is 11.4 Å². The van der Waals surface area contributed by atoms with Crippen LogP contribution in [0, 0.1) is 0 Å². The van der Waals surface area contributed by atoms with Crippen LogP contribution >= 0.6 is 11.3 Å². The van der Waals surface area contributed by atoms with Crippen LogP contribution in [-0.2, 0) is 4.74 Å². The molecule has 2 N–H and O–H groups in total. The average molecular weight is 270 g/mol. The summed E-state index contributed by atoms with van der Waals surface area (Å²) >= 11 is 1.40. The van der Waals surface area contributed by atoms with Crippen molar-refractivity contribution < 1.29 is 14.6 Å². The van der Waals surface area contributed by atoms with Crippen LogP contribution in [0.15, 0.2) is 17.5 Å². The number of hydrogen-bond donors (Lipinski definition) is 2. The molecule has 1 aromatic heterocycles. The number of morpholine rings is 1. The second-order valence-electron chi connectivity index (χ2n) is 4.25. The first-order chi connectivity index (χ1) is 8.75. The second-order valence-corrected chi connectivity index (χ2v) is 5.20. The molecule has 1 aliphatic heterocycles. The zero-order chi connectivity index (χ0) is 12.8. The van der Waals surface area contributed by atoms with Crippen LogP contribution in [0.1, 0.15) is 9.67 Å². The molecule has 0 aromatic carbocycles. The average Bonchev–Trinajstić information content (AvgIpc) is 2.91. The summed E-state index contributed by atoms with van der Waals surface area (Å²) in [7, 11) is 0. The highest BCUT2D eigenvalue weighted by Crippen LogP contribution is 2.07. The molecule has 6 heteroatoms. The van der Waals surface area contributed by atoms with Crippen LogP contribution in [0.5, 0.6) is 0 Å². The van der Waals surface area contributed by atoms with Crippen LogP contribution < -0.4 is 5.32 Å². The molecule has 0 bridgehead atoms. The van der Waals surface area contributed by atoms with E-state index in [9.17, 15) is 9.90 Å². The first-order valence-electron chi connectivity index (χ1n) is 6.05. The molecule has 5 nitrogen and oxygen atoms in total. The summed E-state index contributed by atoms with van der Waals surface area (Å²) in [6.45, 7) is 3.98. The number of thiophene rings is 1. The highest BCUT2D eigenvalue weighted by Gasteiger charge is 2.15. The normalized spacial score (nSPS) is 18.5. The van der Waals surface area contributed by atoms with Crippen molar-refractivity contribution in [1.82, 2.24) is 10.2 Å². The Labute approximate surface area is 110 Å². The van der Waals surface area contributed by atoms with Gasteiger partial charge in [-0.3, -0.25) is 9.69 Å². The summed E-state index contributed by atoms with van der Waals surface area (Å²) in [4.78, 5) is 14.5. The monoisotopic (exact) mass is 270 g/mol. The van der Waals surface area contributed by atoms with Gasteiger partial charge in [-0.15, -0.1) is 11.3 Å². The Morgan fingerprint density at radius 1 is 1.56 bits per heavy atom. The number of carbonyl (C=O) groups excluding carboxylic acids is 1. The molecule has 1 amide bonds. The molecule has 0 spiro atoms. The van der Waals surface area contributed by atoms with Crippen LogP contribution in [0.4, 0.5) is 0 Å². The van der Waals surface area contributed by atoms with E-state index in [2.05, 4.69) is 10.2 Å². The van der Waals surface area contributed by atoms with E-state index in [0.29, 0.717) is 24.6 Å². The smallest absolute Gasteiger partial charge is 0.261 e. The molecule has 2 rings (SSSR count). The quantitative estimate of drug-likeness (QED) is 0.801. The zero-order valence-corrected chi connectivity index (χ0v) is 11.0. The van der Waals surface area contributed by atoms with Crippen LogP contribution in [-0.4, -0.2) is 61.4 Å². The lowest BCUT2D eigenvalue weighted by Crippen LogP contribution is -2.44. The predicted molar refractivity (Wildman–Crippen MR) is 69.9 cm³/mol. The molecule has 1 atom stereocenters. The van der Waals surface area contributed by atoms with E-state index in [-0.39, 0.29) is 12.5 Å². The Hall–Kier alpha value is -0.950. The molecule has 18 heavy (non-hydrogen) atoms. The third-order valence-corrected chi connectivity index (χ3v) is 3.68. The number of ether oxygens (including phenoxy) is 1. The minimum absolute atomic E-state index is 0.119. The van der Waals surface area contributed by atoms with E-state index in [1.807, 2.05) is 11.4 Å². The summed E-state index contributed by atoms with van der Waals surface area (Å²) in [5, 5.41) is 14.5. The molecular weight excluding hydrogens is 252 g/mol. The minimum Gasteiger partial charge on any atom is -0.390 e. The summed E-state index contributed by atoms with van der Waals surface area (Å²) in [5.41, 5.74) is 0. The molecule has 0 radical (unpaired) electrons. The maximum Gasteiger partial charge on any atom is 0.261 e. The molecule has 1 unspecified atom stereocenters. The number of amides is 1. The summed E-state index contributed by atoms with van der Waals surface area (Å²) in [6.07, 6.45) is -0.535. The standard InChI is InChI=1S/C12H18N2O3S/c15-10(9-14-3-5-17-6-4-14)8-13-12(16)11-2-1-7-18-11/h1-2,7,10,15H,3-6,8-9H2,(H,13,16). The van der Waals surface area contributed by atoms with E-state index < -0.39 is 6.10 Å². The van der Waals surface area contributed by atoms with Crippen LogP contribution in [0.25, 0.3) is 0 Å². The Bertz CT molecular complexity index is 363. The highest BCUT2D eigenvalue weighted by atomic mass is 32.1. The highest BCUT2D eigenvalue weighted by molar-refractivity contribution is 7.12. The third-order valence-electron chi connectivity index (χ3n) is 2.82. The van der Waals surface area contributed by atoms with E-state index in [1.165, 1.54) is 11.3 Å². The Morgan fingerprint density at radius 3 is 3.00 bits per heavy atom. The van der Waals surface area contributed by atoms with E-state index in [4.69, 9.17) is 4.74 Å². The largest absolute Gasteiger partial charge is 0.390 e. The van der Waals surface area contributed by atoms with Crippen molar-refractivity contribution in [3.63, 3.8) is 0 Å². The predicted octanol–water partition coefficient (Wildman–Crippen LogP) is 0.171. The Kier molecular flexibility index (Phi) is 5.12. The number of carbonyl (C=O) groups is 1. The van der Waals surface area contributed by atoms with Gasteiger partial charge in [0.25, 0.3) is 5.91 Å². The maximum atomic E-state index is 11.7. The maximum absolute atomic E-state index is 11.7. The lowest BCUT2D eigenvalue weighted by atomic mass is 10.3. The number of nitrogens with one attached hydrogen (secondary N) is 1. The van der Waals surface area contributed by atoms with Gasteiger partial charge in [0.1, 0.15) is 0 Å². The molecule has 0 saturated carbocycles. The molecule has 0 aliphatic carbocycles. The topological polar surface area (TPSA) is 61.8 Å². The van der Waals surface area contributed by atoms with Crippen molar-refractivity contribution in [2.24, 2.45) is 0 Å². The first-order valence-corrected chi connectivity index (χ1v) is 6.93. The van der Waals surface area contributed by atoms with E-state index in [1.54, 1.807) is 6.07 Å². The lowest BCUT2D eigenvalue weighted by Gasteiger charge is -2.28. The van der Waals surface area contributed by atoms with Gasteiger partial charge in [0.05, 0.1) is 24.2 Å². The fourth-order valence-corrected chi connectivity index (χ4v) is 2.49. The molecule has 1 fully saturated rings. The molecule has 100 valence electrons. The number of nitrogens with zero attached hydrogens (tertiary/aromatic N) is 1. The zero-order valence-electron chi connectivity index (χ0n) is 10.2. The van der Waals surface area contributed by atoms with Gasteiger partial charge in [0, 0.05) is 26.2 Å². The lowest BCUT2D eigenvalue weighted by molar-refractivity contribution is 0.0149. The van der Waals surface area contributed by atoms with Crippen LogP contribution in [0.3, 0.4) is 0 Å². The number of aliphatic hydroxyl groups excluding tert-OH is 1. The second kappa shape index (κ2) is 6.84. The fraction of sp³-hybridized carbons (Fsp3) is 0.583. The van der Waals surface area contributed by atoms with Gasteiger partial charge in [-0.1, -0.05) is 6.07 Å². The van der Waals surface area contributed by atoms with E-state index in [0.717, 1.165) is 13.1 Å². The molecular formula is C12H18N2O3S. The van der Waals surface area contributed by atoms with Gasteiger partial charge >= 0.3 is 0 Å². The summed E-state index contributed by atoms with van der Waals surface area (Å²) in [5.74, 6) is -0.119. The Balaban J connectivity index is 1.68. The third kappa shape index (κ3) is 4.06. The minimum atomic E-state index is -0.535. The Morgan fingerprint density at radius 2 is 2.33 bits per heavy atom. The SMILES string of the molecule is O=C(NCC(O)CN1CCOCC1)c1cccs1. The summed E-state index contributed by atoms with van der Waals surface area (Å²) in [6, 6.07) is 3.61. The van der Waals surface area contributed by atoms with Crippen molar-refractivity contribution >= 4 is 17.2 Å². The van der Waals surface area contributed by atoms with Crippen LogP contribution in [0.2, 0.25) is 0 Å². The van der Waals surface area contributed by atoms with E-state index >= 15 is 0 Å². The number of rotatable bonds is 5. The molecule has 1 aromatic rings. The van der Waals surface area contributed by atoms with Gasteiger partial charge in [0.2, 0.25) is 0 Å². The fourth-order valence-electron chi connectivity index (χ4n) is 1.85. The van der Waals surface area contributed by atoms with Crippen molar-refractivity contribution in [3.05, 3.63) is 22.4 Å². The number of aliphatic hydroxyl groups is 1. The van der Waals surface area contributed by atoms with Gasteiger partial charge in [-0.2, -0.15) is 0 Å². The van der Waals surface area contributed by atoms with Crippen molar-refractivity contribution in [2.75, 3.05) is 39.4 Å². The first kappa shape index (κ1) is 13.5. The van der Waals surface area contributed by atoms with Gasteiger partial charge in [-0.25, -0.2) is 0 Å². The van der Waals surface area contributed by atoms with Crippen molar-refractivity contribution in [1.29, 1.82) is 0 Å². The van der Waals surface area contributed by atoms with Crippen molar-refractivity contribution in [3.8, 4) is 0 Å². The molecule has 1 aliphatic rings. The van der Waals surface area contributed by atoms with Gasteiger partial charge in [0.15, 0.2) is 0 Å². The number of β-amino-alcohol motifs (C(OH)–C–C–N with tert-alkyl or cyclic N) is 1. The van der Waals surface area contributed by atoms with Crippen molar-refractivity contribution in [2.45, 2.75) is 6.10 Å². The number of hydrogen-bond acceptors (Lipinski definition) is 5.